The van der Waals surface area contributed by atoms with Crippen molar-refractivity contribution in [1.29, 1.82) is 0 Å². The van der Waals surface area contributed by atoms with Crippen molar-refractivity contribution in [2.45, 2.75) is 6.92 Å². The SMILES string of the molecule is CNC(=O)c1ccc(NC(=O)COc2ccc(C)cc2OC)cc1. The van der Waals surface area contributed by atoms with Gasteiger partial charge in [0.2, 0.25) is 0 Å². The van der Waals surface area contributed by atoms with E-state index >= 15 is 0 Å². The van der Waals surface area contributed by atoms with Crippen LogP contribution < -0.4 is 20.1 Å². The maximum absolute atomic E-state index is 12.0. The molecule has 0 unspecified atom stereocenters. The summed E-state index contributed by atoms with van der Waals surface area (Å²) in [4.78, 5) is 23.4. The van der Waals surface area contributed by atoms with Gasteiger partial charge in [-0.3, -0.25) is 9.59 Å². The van der Waals surface area contributed by atoms with Crippen LogP contribution in [-0.4, -0.2) is 32.6 Å². The zero-order valence-corrected chi connectivity index (χ0v) is 13.9. The van der Waals surface area contributed by atoms with Crippen molar-refractivity contribution in [2.24, 2.45) is 0 Å². The fourth-order valence-corrected chi connectivity index (χ4v) is 2.08. The van der Waals surface area contributed by atoms with Gasteiger partial charge in [0.1, 0.15) is 0 Å². The highest BCUT2D eigenvalue weighted by Gasteiger charge is 2.09. The number of benzene rings is 2. The van der Waals surface area contributed by atoms with Gasteiger partial charge in [0.05, 0.1) is 7.11 Å². The van der Waals surface area contributed by atoms with Crippen LogP contribution in [-0.2, 0) is 4.79 Å². The molecule has 0 aliphatic rings. The molecule has 6 nitrogen and oxygen atoms in total. The molecule has 0 aromatic heterocycles. The van der Waals surface area contributed by atoms with E-state index in [0.29, 0.717) is 22.7 Å². The third kappa shape index (κ3) is 4.49. The molecular weight excluding hydrogens is 308 g/mol. The Bertz CT molecular complexity index is 726. The largest absolute Gasteiger partial charge is 0.493 e. The molecule has 2 rings (SSSR count). The van der Waals surface area contributed by atoms with E-state index in [-0.39, 0.29) is 18.4 Å². The number of anilines is 1. The molecule has 0 atom stereocenters. The predicted octanol–water partition coefficient (Wildman–Crippen LogP) is 2.38. The van der Waals surface area contributed by atoms with Gasteiger partial charge >= 0.3 is 0 Å². The molecule has 0 aliphatic carbocycles. The van der Waals surface area contributed by atoms with Gasteiger partial charge in [0.25, 0.3) is 11.8 Å². The second-order valence-corrected chi connectivity index (χ2v) is 5.15. The van der Waals surface area contributed by atoms with E-state index in [1.807, 2.05) is 19.1 Å². The highest BCUT2D eigenvalue weighted by Crippen LogP contribution is 2.27. The Kier molecular flexibility index (Phi) is 5.78. The van der Waals surface area contributed by atoms with Crippen molar-refractivity contribution in [3.63, 3.8) is 0 Å². The molecule has 6 heteroatoms. The lowest BCUT2D eigenvalue weighted by molar-refractivity contribution is -0.118. The van der Waals surface area contributed by atoms with Crippen LogP contribution in [0, 0.1) is 6.92 Å². The normalized spacial score (nSPS) is 9.96. The molecule has 0 bridgehead atoms. The smallest absolute Gasteiger partial charge is 0.262 e. The molecule has 0 spiro atoms. The van der Waals surface area contributed by atoms with E-state index in [4.69, 9.17) is 9.47 Å². The van der Waals surface area contributed by atoms with Crippen LogP contribution in [0.4, 0.5) is 5.69 Å². The number of methoxy groups -OCH3 is 1. The maximum atomic E-state index is 12.0. The number of ether oxygens (including phenoxy) is 2. The van der Waals surface area contributed by atoms with Crippen molar-refractivity contribution in [2.75, 3.05) is 26.1 Å². The fraction of sp³-hybridized carbons (Fsp3) is 0.222. The van der Waals surface area contributed by atoms with E-state index in [1.165, 1.54) is 0 Å². The van der Waals surface area contributed by atoms with Gasteiger partial charge in [-0.25, -0.2) is 0 Å². The van der Waals surface area contributed by atoms with Crippen molar-refractivity contribution < 1.29 is 19.1 Å². The van der Waals surface area contributed by atoms with Crippen LogP contribution in [0.1, 0.15) is 15.9 Å². The molecule has 0 saturated heterocycles. The highest BCUT2D eigenvalue weighted by molar-refractivity contribution is 5.95. The van der Waals surface area contributed by atoms with Gasteiger partial charge < -0.3 is 20.1 Å². The Morgan fingerprint density at radius 1 is 1.04 bits per heavy atom. The molecule has 2 amide bonds. The first kappa shape index (κ1) is 17.3. The standard InChI is InChI=1S/C18H20N2O4/c1-12-4-9-15(16(10-12)23-3)24-11-17(21)20-14-7-5-13(6-8-14)18(22)19-2/h4-10H,11H2,1-3H3,(H,19,22)(H,20,21). The Balaban J connectivity index is 1.93. The molecule has 2 aromatic rings. The third-order valence-electron chi connectivity index (χ3n) is 3.34. The van der Waals surface area contributed by atoms with Crippen molar-refractivity contribution in [3.05, 3.63) is 53.6 Å². The van der Waals surface area contributed by atoms with Crippen molar-refractivity contribution >= 4 is 17.5 Å². The average molecular weight is 328 g/mol. The molecule has 2 aromatic carbocycles. The molecule has 24 heavy (non-hydrogen) atoms. The summed E-state index contributed by atoms with van der Waals surface area (Å²) in [5, 5.41) is 5.25. The summed E-state index contributed by atoms with van der Waals surface area (Å²) in [5.41, 5.74) is 2.16. The van der Waals surface area contributed by atoms with E-state index in [0.717, 1.165) is 5.56 Å². The monoisotopic (exact) mass is 328 g/mol. The number of carbonyl (C=O) groups is 2. The molecule has 0 saturated carbocycles. The van der Waals surface area contributed by atoms with Crippen LogP contribution >= 0.6 is 0 Å². The molecule has 0 heterocycles. The van der Waals surface area contributed by atoms with E-state index in [9.17, 15) is 9.59 Å². The minimum Gasteiger partial charge on any atom is -0.493 e. The van der Waals surface area contributed by atoms with Crippen LogP contribution in [0.2, 0.25) is 0 Å². The van der Waals surface area contributed by atoms with Crippen LogP contribution in [0.15, 0.2) is 42.5 Å². The molecule has 126 valence electrons. The fourth-order valence-electron chi connectivity index (χ4n) is 2.08. The van der Waals surface area contributed by atoms with Crippen LogP contribution in [0.25, 0.3) is 0 Å². The maximum Gasteiger partial charge on any atom is 0.262 e. The Labute approximate surface area is 140 Å². The molecule has 2 N–H and O–H groups in total. The number of aryl methyl sites for hydroxylation is 1. The zero-order valence-electron chi connectivity index (χ0n) is 13.9. The van der Waals surface area contributed by atoms with Crippen molar-refractivity contribution in [1.82, 2.24) is 5.32 Å². The number of nitrogens with one attached hydrogen (secondary N) is 2. The number of hydrogen-bond acceptors (Lipinski definition) is 4. The van der Waals surface area contributed by atoms with Gasteiger partial charge in [0, 0.05) is 18.3 Å². The third-order valence-corrected chi connectivity index (χ3v) is 3.34. The summed E-state index contributed by atoms with van der Waals surface area (Å²) in [6, 6.07) is 12.1. The highest BCUT2D eigenvalue weighted by atomic mass is 16.5. The van der Waals surface area contributed by atoms with Gasteiger partial charge in [-0.1, -0.05) is 6.07 Å². The lowest BCUT2D eigenvalue weighted by Gasteiger charge is -2.11. The first-order chi connectivity index (χ1) is 11.5. The van der Waals surface area contributed by atoms with Crippen LogP contribution in [0.3, 0.4) is 0 Å². The second kappa shape index (κ2) is 8.01. The quantitative estimate of drug-likeness (QED) is 0.853. The number of rotatable bonds is 6. The summed E-state index contributed by atoms with van der Waals surface area (Å²) in [7, 11) is 3.12. The Morgan fingerprint density at radius 3 is 2.38 bits per heavy atom. The predicted molar refractivity (Wildman–Crippen MR) is 91.7 cm³/mol. The molecule has 0 radical (unpaired) electrons. The summed E-state index contributed by atoms with van der Waals surface area (Å²) < 4.78 is 10.7. The van der Waals surface area contributed by atoms with Gasteiger partial charge in [-0.15, -0.1) is 0 Å². The zero-order chi connectivity index (χ0) is 17.5. The summed E-state index contributed by atoms with van der Waals surface area (Å²) >= 11 is 0. The summed E-state index contributed by atoms with van der Waals surface area (Å²) in [6.45, 7) is 1.80. The van der Waals surface area contributed by atoms with E-state index < -0.39 is 0 Å². The topological polar surface area (TPSA) is 76.7 Å². The summed E-state index contributed by atoms with van der Waals surface area (Å²) in [5.74, 6) is 0.610. The minimum absolute atomic E-state index is 0.142. The first-order valence-electron chi connectivity index (χ1n) is 7.43. The van der Waals surface area contributed by atoms with Gasteiger partial charge in [0.15, 0.2) is 18.1 Å². The molecular formula is C18H20N2O4. The Morgan fingerprint density at radius 2 is 1.75 bits per heavy atom. The summed E-state index contributed by atoms with van der Waals surface area (Å²) in [6.07, 6.45) is 0. The molecule has 0 fully saturated rings. The average Bonchev–Trinajstić information content (AvgIpc) is 2.60. The number of hydrogen-bond donors (Lipinski definition) is 2. The number of amides is 2. The van der Waals surface area contributed by atoms with Crippen LogP contribution in [0.5, 0.6) is 11.5 Å². The Hall–Kier alpha value is -3.02. The van der Waals surface area contributed by atoms with Crippen molar-refractivity contribution in [3.8, 4) is 11.5 Å². The van der Waals surface area contributed by atoms with E-state index in [2.05, 4.69) is 10.6 Å². The minimum atomic E-state index is -0.301. The molecule has 0 aliphatic heterocycles. The van der Waals surface area contributed by atoms with Gasteiger partial charge in [-0.05, 0) is 48.9 Å². The van der Waals surface area contributed by atoms with E-state index in [1.54, 1.807) is 44.5 Å². The second-order valence-electron chi connectivity index (χ2n) is 5.15. The van der Waals surface area contributed by atoms with Gasteiger partial charge in [-0.2, -0.15) is 0 Å². The lowest BCUT2D eigenvalue weighted by Crippen LogP contribution is -2.21. The number of carbonyl (C=O) groups excluding carboxylic acids is 2. The first-order valence-corrected chi connectivity index (χ1v) is 7.43. The lowest BCUT2D eigenvalue weighted by atomic mass is 10.2.